The molecule has 0 amide bonds. The Bertz CT molecular complexity index is 882. The molecule has 0 unspecified atom stereocenters. The minimum Gasteiger partial charge on any atom is -0.295 e. The summed E-state index contributed by atoms with van der Waals surface area (Å²) in [5, 5.41) is 0. The average molecular weight is 516 g/mol. The average Bonchev–Trinajstić information content (AvgIpc) is 2.45. The van der Waals surface area contributed by atoms with Crippen LogP contribution < -0.4 is 0 Å². The van der Waals surface area contributed by atoms with Gasteiger partial charge < -0.3 is 0 Å². The number of alkyl halides is 3. The Morgan fingerprint density at radius 3 is 1.63 bits per heavy atom. The molecule has 2 rings (SSSR count). The summed E-state index contributed by atoms with van der Waals surface area (Å²) >= 11 is 0. The van der Waals surface area contributed by atoms with Crippen LogP contribution in [0.4, 0.5) is 13.2 Å². The molecule has 0 aliphatic heterocycles. The van der Waals surface area contributed by atoms with Crippen LogP contribution in [0.2, 0.25) is 0 Å². The maximum Gasteiger partial charge on any atom is 0.522 e. The highest BCUT2D eigenvalue weighted by atomic mass is 127. The van der Waals surface area contributed by atoms with Gasteiger partial charge in [0.25, 0.3) is 0 Å². The monoisotopic (exact) mass is 516 g/mol. The van der Waals surface area contributed by atoms with Crippen molar-refractivity contribution in [2.45, 2.75) is 33.2 Å². The van der Waals surface area contributed by atoms with E-state index >= 15 is 0 Å². The molecule has 0 heterocycles. The molecule has 0 spiro atoms. The Balaban J connectivity index is 0.000000645. The van der Waals surface area contributed by atoms with Crippen molar-refractivity contribution in [1.29, 1.82) is 0 Å². The molecule has 2 aromatic carbocycles. The molecule has 27 heavy (non-hydrogen) atoms. The molecular formula is C18H20F3IO4S. The number of Topliss-reactive ketones (excluding diaryl/α,β-unsaturated/α-hetero) is 1. The van der Waals surface area contributed by atoms with Gasteiger partial charge in [-0.3, -0.25) is 9.35 Å². The van der Waals surface area contributed by atoms with Crippen molar-refractivity contribution in [3.63, 3.8) is 0 Å². The Hall–Kier alpha value is -1.46. The summed E-state index contributed by atoms with van der Waals surface area (Å²) in [5.41, 5.74) is 1.53. The summed E-state index contributed by atoms with van der Waals surface area (Å²) in [6.07, 6.45) is 0. The van der Waals surface area contributed by atoms with Gasteiger partial charge in [0.1, 0.15) is 0 Å². The van der Waals surface area contributed by atoms with Crippen LogP contribution in [-0.4, -0.2) is 24.3 Å². The number of hydrogen-bond acceptors (Lipinski definition) is 3. The fourth-order valence-electron chi connectivity index (χ4n) is 2.51. The van der Waals surface area contributed by atoms with Gasteiger partial charge in [-0.05, 0) is 49.9 Å². The SMILES string of the molecule is CC(=O)c1ccc(-c2c(C)cc(C)cc2C)cc1.I.O=S(=O)(O)C(F)(F)F. The number of benzene rings is 2. The third kappa shape index (κ3) is 7.23. The fraction of sp³-hybridized carbons (Fsp3) is 0.278. The molecule has 0 radical (unpaired) electrons. The summed E-state index contributed by atoms with van der Waals surface area (Å²) in [7, 11) is -5.84. The lowest BCUT2D eigenvalue weighted by Crippen LogP contribution is -2.21. The number of carbonyl (C=O) groups excluding carboxylic acids is 1. The number of hydrogen-bond donors (Lipinski definition) is 1. The van der Waals surface area contributed by atoms with E-state index < -0.39 is 15.6 Å². The second kappa shape index (κ2) is 9.65. The summed E-state index contributed by atoms with van der Waals surface area (Å²) < 4.78 is 57.5. The molecule has 0 saturated carbocycles. The lowest BCUT2D eigenvalue weighted by Gasteiger charge is -2.12. The Labute approximate surface area is 173 Å². The van der Waals surface area contributed by atoms with Gasteiger partial charge >= 0.3 is 15.6 Å². The number of aryl methyl sites for hydroxylation is 3. The van der Waals surface area contributed by atoms with Gasteiger partial charge in [0.15, 0.2) is 5.78 Å². The summed E-state index contributed by atoms with van der Waals surface area (Å²) in [5.74, 6) is 0.110. The highest BCUT2D eigenvalue weighted by Crippen LogP contribution is 2.28. The molecule has 0 aliphatic carbocycles. The molecule has 0 atom stereocenters. The largest absolute Gasteiger partial charge is 0.522 e. The van der Waals surface area contributed by atoms with Gasteiger partial charge in [-0.15, -0.1) is 24.0 Å². The molecule has 150 valence electrons. The Kier molecular flexibility index (Phi) is 9.13. The summed E-state index contributed by atoms with van der Waals surface area (Å²) in [6, 6.07) is 12.2. The van der Waals surface area contributed by atoms with E-state index in [1.165, 1.54) is 27.8 Å². The summed E-state index contributed by atoms with van der Waals surface area (Å²) in [4.78, 5) is 11.3. The quantitative estimate of drug-likeness (QED) is 0.248. The van der Waals surface area contributed by atoms with E-state index in [4.69, 9.17) is 13.0 Å². The molecule has 0 aromatic heterocycles. The van der Waals surface area contributed by atoms with Crippen LogP contribution in [0.1, 0.15) is 34.0 Å². The van der Waals surface area contributed by atoms with Crippen molar-refractivity contribution >= 4 is 39.9 Å². The van der Waals surface area contributed by atoms with Crippen LogP contribution in [0.15, 0.2) is 36.4 Å². The van der Waals surface area contributed by atoms with Crippen molar-refractivity contribution in [3.8, 4) is 11.1 Å². The van der Waals surface area contributed by atoms with Crippen molar-refractivity contribution in [2.75, 3.05) is 0 Å². The van der Waals surface area contributed by atoms with Crippen LogP contribution in [0.3, 0.4) is 0 Å². The highest BCUT2D eigenvalue weighted by molar-refractivity contribution is 14.0. The minimum atomic E-state index is -5.84. The standard InChI is InChI=1S/C17H18O.CHF3O3S.HI/c1-11-9-12(2)17(13(3)10-11)16-7-5-15(6-8-16)14(4)18;2-1(3,4)8(5,6)7;/h5-10H,1-4H3;(H,5,6,7);1H. The van der Waals surface area contributed by atoms with Gasteiger partial charge in [-0.1, -0.05) is 42.0 Å². The second-order valence-corrected chi connectivity index (χ2v) is 7.24. The predicted molar refractivity (Wildman–Crippen MR) is 109 cm³/mol. The number of carbonyl (C=O) groups is 1. The Morgan fingerprint density at radius 2 is 1.33 bits per heavy atom. The van der Waals surface area contributed by atoms with Crippen LogP contribution in [0.5, 0.6) is 0 Å². The van der Waals surface area contributed by atoms with E-state index in [0.717, 1.165) is 5.56 Å². The first-order chi connectivity index (χ1) is 11.7. The van der Waals surface area contributed by atoms with Gasteiger partial charge in [0.05, 0.1) is 0 Å². The molecule has 0 fully saturated rings. The van der Waals surface area contributed by atoms with Gasteiger partial charge in [-0.25, -0.2) is 0 Å². The number of halogens is 4. The smallest absolute Gasteiger partial charge is 0.295 e. The van der Waals surface area contributed by atoms with Crippen LogP contribution in [-0.2, 0) is 10.1 Å². The number of rotatable bonds is 2. The van der Waals surface area contributed by atoms with Crippen molar-refractivity contribution in [3.05, 3.63) is 58.7 Å². The minimum absolute atomic E-state index is 0. The van der Waals surface area contributed by atoms with E-state index in [1.807, 2.05) is 24.3 Å². The molecule has 4 nitrogen and oxygen atoms in total. The second-order valence-electron chi connectivity index (χ2n) is 5.83. The molecule has 0 bridgehead atoms. The molecule has 1 N–H and O–H groups in total. The first-order valence-corrected chi connectivity index (χ1v) is 8.91. The normalized spacial score (nSPS) is 11.1. The molecule has 2 aromatic rings. The van der Waals surface area contributed by atoms with Crippen LogP contribution in [0, 0.1) is 20.8 Å². The zero-order chi connectivity index (χ0) is 20.3. The molecule has 0 saturated heterocycles. The van der Waals surface area contributed by atoms with Crippen molar-refractivity contribution in [1.82, 2.24) is 0 Å². The van der Waals surface area contributed by atoms with Crippen molar-refractivity contribution < 1.29 is 30.9 Å². The maximum atomic E-state index is 11.3. The van der Waals surface area contributed by atoms with E-state index in [9.17, 15) is 18.0 Å². The number of ketones is 1. The molecule has 0 aliphatic rings. The van der Waals surface area contributed by atoms with E-state index in [2.05, 4.69) is 32.9 Å². The van der Waals surface area contributed by atoms with E-state index in [1.54, 1.807) is 6.92 Å². The van der Waals surface area contributed by atoms with E-state index in [0.29, 0.717) is 0 Å². The lowest BCUT2D eigenvalue weighted by atomic mass is 9.93. The van der Waals surface area contributed by atoms with Gasteiger partial charge in [0.2, 0.25) is 0 Å². The molecule has 9 heteroatoms. The zero-order valence-corrected chi connectivity index (χ0v) is 18.2. The highest BCUT2D eigenvalue weighted by Gasteiger charge is 2.44. The first kappa shape index (κ1) is 25.5. The first-order valence-electron chi connectivity index (χ1n) is 7.47. The van der Waals surface area contributed by atoms with Crippen LogP contribution in [0.25, 0.3) is 11.1 Å². The topological polar surface area (TPSA) is 71.4 Å². The van der Waals surface area contributed by atoms with Gasteiger partial charge in [0, 0.05) is 5.56 Å². The van der Waals surface area contributed by atoms with Crippen molar-refractivity contribution in [2.24, 2.45) is 0 Å². The fourth-order valence-corrected chi connectivity index (χ4v) is 2.51. The van der Waals surface area contributed by atoms with Crippen LogP contribution >= 0.6 is 24.0 Å². The maximum absolute atomic E-state index is 11.3. The Morgan fingerprint density at radius 1 is 0.963 bits per heavy atom. The third-order valence-corrected chi connectivity index (χ3v) is 4.13. The van der Waals surface area contributed by atoms with E-state index in [-0.39, 0.29) is 29.8 Å². The third-order valence-electron chi connectivity index (χ3n) is 3.55. The zero-order valence-electron chi connectivity index (χ0n) is 15.1. The summed E-state index contributed by atoms with van der Waals surface area (Å²) in [6.45, 7) is 7.97. The predicted octanol–water partition coefficient (Wildman–Crippen LogP) is 5.49. The molecular weight excluding hydrogens is 496 g/mol. The van der Waals surface area contributed by atoms with Gasteiger partial charge in [-0.2, -0.15) is 21.6 Å². The lowest BCUT2D eigenvalue weighted by molar-refractivity contribution is -0.0510.